The maximum atomic E-state index is 13.7. The highest BCUT2D eigenvalue weighted by atomic mass is 16.6. The predicted molar refractivity (Wildman–Crippen MR) is 163 cm³/mol. The van der Waals surface area contributed by atoms with Gasteiger partial charge >= 0.3 is 5.97 Å². The van der Waals surface area contributed by atoms with Gasteiger partial charge in [0, 0.05) is 24.4 Å². The lowest BCUT2D eigenvalue weighted by atomic mass is 9.75. The van der Waals surface area contributed by atoms with Crippen molar-refractivity contribution in [3.63, 3.8) is 0 Å². The molecular formula is C34H33N3O7. The Bertz CT molecular complexity index is 1900. The summed E-state index contributed by atoms with van der Waals surface area (Å²) in [5, 5.41) is 9.07. The quantitative estimate of drug-likeness (QED) is 0.107. The molecule has 1 unspecified atom stereocenters. The Balaban J connectivity index is 1.42. The minimum absolute atomic E-state index is 0.0166. The van der Waals surface area contributed by atoms with Gasteiger partial charge in [0.15, 0.2) is 11.5 Å². The van der Waals surface area contributed by atoms with Crippen LogP contribution in [0.1, 0.15) is 56.7 Å². The number of esters is 1. The van der Waals surface area contributed by atoms with E-state index in [2.05, 4.69) is 10.3 Å². The minimum atomic E-state index is -1.90. The molecule has 5 rings (SSSR count). The van der Waals surface area contributed by atoms with Gasteiger partial charge in [0.1, 0.15) is 40.3 Å². The number of fused-ring (bicyclic) bond motifs is 2. The molecule has 0 saturated heterocycles. The van der Waals surface area contributed by atoms with Crippen LogP contribution in [-0.2, 0) is 27.5 Å². The molecule has 0 aliphatic rings. The Morgan fingerprint density at radius 3 is 2.39 bits per heavy atom. The van der Waals surface area contributed by atoms with Crippen molar-refractivity contribution in [2.45, 2.75) is 59.3 Å². The maximum Gasteiger partial charge on any atom is 0.320 e. The number of furan rings is 1. The number of hydrogen-bond donors (Lipinski definition) is 0. The molecule has 226 valence electrons. The third kappa shape index (κ3) is 6.59. The van der Waals surface area contributed by atoms with Crippen molar-refractivity contribution >= 4 is 39.4 Å². The lowest BCUT2D eigenvalue weighted by Crippen LogP contribution is -2.45. The molecule has 0 aliphatic carbocycles. The summed E-state index contributed by atoms with van der Waals surface area (Å²) < 4.78 is 18.5. The average molecular weight is 596 g/mol. The van der Waals surface area contributed by atoms with Gasteiger partial charge in [-0.05, 0) is 70.0 Å². The molecule has 0 radical (unpaired) electrons. The van der Waals surface area contributed by atoms with Crippen molar-refractivity contribution < 1.29 is 28.3 Å². The maximum absolute atomic E-state index is 13.7. The molecule has 0 amide bonds. The zero-order valence-corrected chi connectivity index (χ0v) is 25.0. The van der Waals surface area contributed by atoms with E-state index in [0.717, 1.165) is 10.2 Å². The Kier molecular flexibility index (Phi) is 8.44. The number of benzene rings is 3. The number of rotatable bonds is 11. The average Bonchev–Trinajstić information content (AvgIpc) is 3.42. The van der Waals surface area contributed by atoms with E-state index in [9.17, 15) is 19.2 Å². The first kappa shape index (κ1) is 30.3. The normalized spacial score (nSPS) is 13.0. The fraction of sp³-hybridized carbons (Fsp3) is 0.294. The topological polar surface area (TPSA) is 131 Å². The Hall–Kier alpha value is -5.12. The summed E-state index contributed by atoms with van der Waals surface area (Å²) in [7, 11) is 0. The van der Waals surface area contributed by atoms with E-state index in [1.54, 1.807) is 69.3 Å². The summed E-state index contributed by atoms with van der Waals surface area (Å²) in [4.78, 5) is 53.7. The molecule has 2 heterocycles. The van der Waals surface area contributed by atoms with Gasteiger partial charge in [-0.1, -0.05) is 47.7 Å². The second kappa shape index (κ2) is 12.2. The first-order chi connectivity index (χ1) is 20.9. The number of aromatic nitrogens is 3. The van der Waals surface area contributed by atoms with E-state index in [0.29, 0.717) is 34.2 Å². The number of carbonyl (C=O) groups is 3. The molecule has 0 fully saturated rings. The summed E-state index contributed by atoms with van der Waals surface area (Å²) >= 11 is 0. The highest BCUT2D eigenvalue weighted by Gasteiger charge is 2.48. The molecule has 2 aromatic heterocycles. The zero-order chi connectivity index (χ0) is 31.5. The Morgan fingerprint density at radius 2 is 1.66 bits per heavy atom. The van der Waals surface area contributed by atoms with E-state index in [1.165, 1.54) is 6.92 Å². The third-order valence-electron chi connectivity index (χ3n) is 7.32. The van der Waals surface area contributed by atoms with E-state index in [-0.39, 0.29) is 18.7 Å². The molecule has 0 saturated carbocycles. The number of ether oxygens (including phenoxy) is 2. The van der Waals surface area contributed by atoms with Crippen molar-refractivity contribution in [2.24, 2.45) is 5.41 Å². The predicted octanol–water partition coefficient (Wildman–Crippen LogP) is 5.70. The Morgan fingerprint density at radius 1 is 0.932 bits per heavy atom. The van der Waals surface area contributed by atoms with E-state index in [1.807, 2.05) is 30.3 Å². The number of hydrogen-bond acceptors (Lipinski definition) is 9. The zero-order valence-electron chi connectivity index (χ0n) is 25.0. The van der Waals surface area contributed by atoms with Crippen LogP contribution >= 0.6 is 0 Å². The molecule has 5 aromatic rings. The molecular weight excluding hydrogens is 562 g/mol. The third-order valence-corrected chi connectivity index (χ3v) is 7.32. The summed E-state index contributed by atoms with van der Waals surface area (Å²) in [6, 6.07) is 23.2. The van der Waals surface area contributed by atoms with Gasteiger partial charge in [-0.25, -0.2) is 4.68 Å². The van der Waals surface area contributed by atoms with E-state index >= 15 is 0 Å². The van der Waals surface area contributed by atoms with Gasteiger partial charge in [-0.15, -0.1) is 5.10 Å². The second-order valence-electron chi connectivity index (χ2n) is 11.7. The van der Waals surface area contributed by atoms with Crippen LogP contribution in [-0.4, -0.2) is 38.1 Å². The lowest BCUT2D eigenvalue weighted by Gasteiger charge is -2.32. The summed E-state index contributed by atoms with van der Waals surface area (Å²) in [5.41, 5.74) is -1.42. The molecule has 10 heteroatoms. The van der Waals surface area contributed by atoms with Crippen molar-refractivity contribution in [1.29, 1.82) is 0 Å². The van der Waals surface area contributed by atoms with Crippen molar-refractivity contribution in [3.8, 4) is 5.75 Å². The SMILES string of the molecule is CC(=O)C(CCn1nnc2ccccc2c1=O)(CC(=O)c1cc2ccc(OCc3ccccc3)cc2o1)C(=O)OC(C)(C)C. The molecule has 0 spiro atoms. The second-order valence-corrected chi connectivity index (χ2v) is 11.7. The smallest absolute Gasteiger partial charge is 0.320 e. The fourth-order valence-corrected chi connectivity index (χ4v) is 4.89. The summed E-state index contributed by atoms with van der Waals surface area (Å²) in [6.45, 7) is 6.47. The van der Waals surface area contributed by atoms with Gasteiger partial charge in [-0.3, -0.25) is 19.2 Å². The van der Waals surface area contributed by atoms with Gasteiger partial charge < -0.3 is 13.9 Å². The summed E-state index contributed by atoms with van der Waals surface area (Å²) in [5.74, 6) is -1.46. The summed E-state index contributed by atoms with van der Waals surface area (Å²) in [6.07, 6.45) is -0.738. The van der Waals surface area contributed by atoms with Gasteiger partial charge in [0.2, 0.25) is 0 Å². The van der Waals surface area contributed by atoms with Gasteiger partial charge in [0.05, 0.1) is 5.39 Å². The van der Waals surface area contributed by atoms with Crippen molar-refractivity contribution in [1.82, 2.24) is 15.0 Å². The number of nitrogens with zero attached hydrogens (tertiary/aromatic N) is 3. The van der Waals surface area contributed by atoms with Crippen molar-refractivity contribution in [2.75, 3.05) is 0 Å². The van der Waals surface area contributed by atoms with E-state index < -0.39 is 40.5 Å². The highest BCUT2D eigenvalue weighted by Crippen LogP contribution is 2.35. The van der Waals surface area contributed by atoms with E-state index in [4.69, 9.17) is 13.9 Å². The molecule has 3 aromatic carbocycles. The lowest BCUT2D eigenvalue weighted by molar-refractivity contribution is -0.170. The fourth-order valence-electron chi connectivity index (χ4n) is 4.89. The van der Waals surface area contributed by atoms with Crippen LogP contribution in [0.4, 0.5) is 0 Å². The van der Waals surface area contributed by atoms with Crippen LogP contribution in [0, 0.1) is 5.41 Å². The first-order valence-corrected chi connectivity index (χ1v) is 14.3. The number of ketones is 2. The van der Waals surface area contributed by atoms with Gasteiger partial charge in [-0.2, -0.15) is 0 Å². The molecule has 1 atom stereocenters. The molecule has 10 nitrogen and oxygen atoms in total. The van der Waals surface area contributed by atoms with Crippen LogP contribution in [0.5, 0.6) is 5.75 Å². The van der Waals surface area contributed by atoms with Crippen LogP contribution < -0.4 is 10.3 Å². The minimum Gasteiger partial charge on any atom is -0.489 e. The van der Waals surface area contributed by atoms with Gasteiger partial charge in [0.25, 0.3) is 5.56 Å². The standard InChI is InChI=1S/C34H33N3O7/c1-22(38)34(32(41)44-33(2,3)4,16-17-37-31(40)26-12-8-9-13-27(26)35-36-37)20-28(39)30-18-24-14-15-25(19-29(24)43-30)42-21-23-10-6-5-7-11-23/h5-15,18-19H,16-17,20-21H2,1-4H3. The largest absolute Gasteiger partial charge is 0.489 e. The van der Waals surface area contributed by atoms with Crippen LogP contribution in [0.15, 0.2) is 88.1 Å². The number of aryl methyl sites for hydroxylation is 1. The first-order valence-electron chi connectivity index (χ1n) is 14.3. The van der Waals surface area contributed by atoms with Crippen LogP contribution in [0.3, 0.4) is 0 Å². The molecule has 0 aliphatic heterocycles. The monoisotopic (exact) mass is 595 g/mol. The number of Topliss-reactive ketones (excluding diaryl/α,β-unsaturated/α-hetero) is 2. The molecule has 0 bridgehead atoms. The Labute approximate surface area is 253 Å². The number of carbonyl (C=O) groups excluding carboxylic acids is 3. The van der Waals surface area contributed by atoms with Crippen LogP contribution in [0.2, 0.25) is 0 Å². The molecule has 0 N–H and O–H groups in total. The van der Waals surface area contributed by atoms with Crippen molar-refractivity contribution in [3.05, 3.63) is 101 Å². The molecule has 44 heavy (non-hydrogen) atoms. The van der Waals surface area contributed by atoms with Crippen LogP contribution in [0.25, 0.3) is 21.9 Å². The highest BCUT2D eigenvalue weighted by molar-refractivity contribution is 6.09.